The van der Waals surface area contributed by atoms with Crippen molar-refractivity contribution >= 4 is 26.7 Å². The minimum Gasteiger partial charge on any atom is -0.343 e. The van der Waals surface area contributed by atoms with Gasteiger partial charge in [-0.3, -0.25) is 0 Å². The number of nitrogens with one attached hydrogen (secondary N) is 1. The van der Waals surface area contributed by atoms with Crippen LogP contribution in [0.15, 0.2) is 24.3 Å². The minimum absolute atomic E-state index is 0.536. The largest absolute Gasteiger partial charge is 0.343 e. The lowest BCUT2D eigenvalue weighted by Gasteiger charge is -2.33. The smallest absolute Gasteiger partial charge is 0.186 e. The molecular formula is C12H15N3S. The summed E-state index contributed by atoms with van der Waals surface area (Å²) >= 11 is 1.79. The van der Waals surface area contributed by atoms with Crippen molar-refractivity contribution in [3.8, 4) is 0 Å². The molecule has 0 bridgehead atoms. The third-order valence-corrected chi connectivity index (χ3v) is 4.10. The molecule has 0 radical (unpaired) electrons. The van der Waals surface area contributed by atoms with Crippen molar-refractivity contribution in [2.24, 2.45) is 0 Å². The second-order valence-electron chi connectivity index (χ2n) is 4.21. The first kappa shape index (κ1) is 10.1. The van der Waals surface area contributed by atoms with E-state index < -0.39 is 0 Å². The quantitative estimate of drug-likeness (QED) is 0.817. The summed E-state index contributed by atoms with van der Waals surface area (Å²) in [6.45, 7) is 5.41. The number of thiazole rings is 1. The van der Waals surface area contributed by atoms with Gasteiger partial charge in [-0.05, 0) is 19.1 Å². The fourth-order valence-corrected chi connectivity index (χ4v) is 3.20. The minimum atomic E-state index is 0.536. The second kappa shape index (κ2) is 4.03. The van der Waals surface area contributed by atoms with Crippen molar-refractivity contribution in [1.82, 2.24) is 10.3 Å². The van der Waals surface area contributed by atoms with Crippen LogP contribution in [0.2, 0.25) is 0 Å². The Morgan fingerprint density at radius 3 is 3.12 bits per heavy atom. The maximum Gasteiger partial charge on any atom is 0.186 e. The van der Waals surface area contributed by atoms with E-state index >= 15 is 0 Å². The third kappa shape index (κ3) is 1.68. The molecule has 1 aromatic heterocycles. The highest BCUT2D eigenvalue weighted by Crippen LogP contribution is 2.29. The Labute approximate surface area is 99.1 Å². The molecule has 3 rings (SSSR count). The Morgan fingerprint density at radius 1 is 1.44 bits per heavy atom. The fraction of sp³-hybridized carbons (Fsp3) is 0.417. The summed E-state index contributed by atoms with van der Waals surface area (Å²) in [6, 6.07) is 8.89. The zero-order valence-corrected chi connectivity index (χ0v) is 10.1. The molecule has 1 fully saturated rings. The molecule has 1 aliphatic rings. The molecule has 2 aromatic rings. The van der Waals surface area contributed by atoms with Gasteiger partial charge in [0.15, 0.2) is 5.13 Å². The number of para-hydroxylation sites is 1. The van der Waals surface area contributed by atoms with Gasteiger partial charge in [-0.15, -0.1) is 0 Å². The Morgan fingerprint density at radius 2 is 2.31 bits per heavy atom. The Balaban J connectivity index is 1.98. The molecule has 1 atom stereocenters. The first-order valence-corrected chi connectivity index (χ1v) is 6.49. The summed E-state index contributed by atoms with van der Waals surface area (Å²) in [7, 11) is 0. The zero-order chi connectivity index (χ0) is 11.0. The molecular weight excluding hydrogens is 218 g/mol. The highest BCUT2D eigenvalue weighted by atomic mass is 32.1. The molecule has 0 amide bonds. The highest BCUT2D eigenvalue weighted by molar-refractivity contribution is 7.22. The topological polar surface area (TPSA) is 28.2 Å². The van der Waals surface area contributed by atoms with Gasteiger partial charge in [-0.25, -0.2) is 4.98 Å². The van der Waals surface area contributed by atoms with E-state index in [0.717, 1.165) is 30.3 Å². The predicted octanol–water partition coefficient (Wildman–Crippen LogP) is 2.09. The van der Waals surface area contributed by atoms with Crippen molar-refractivity contribution in [2.45, 2.75) is 13.0 Å². The fourth-order valence-electron chi connectivity index (χ4n) is 2.11. The molecule has 16 heavy (non-hydrogen) atoms. The predicted molar refractivity (Wildman–Crippen MR) is 69.3 cm³/mol. The molecule has 4 heteroatoms. The zero-order valence-electron chi connectivity index (χ0n) is 9.31. The van der Waals surface area contributed by atoms with Gasteiger partial charge in [0.05, 0.1) is 10.2 Å². The van der Waals surface area contributed by atoms with Crippen LogP contribution in [0.25, 0.3) is 10.2 Å². The van der Waals surface area contributed by atoms with Gasteiger partial charge in [0.2, 0.25) is 0 Å². The van der Waals surface area contributed by atoms with Crippen molar-refractivity contribution in [1.29, 1.82) is 0 Å². The van der Waals surface area contributed by atoms with Gasteiger partial charge < -0.3 is 10.2 Å². The third-order valence-electron chi connectivity index (χ3n) is 3.03. The van der Waals surface area contributed by atoms with Crippen molar-refractivity contribution in [2.75, 3.05) is 24.5 Å². The van der Waals surface area contributed by atoms with E-state index in [4.69, 9.17) is 4.98 Å². The van der Waals surface area contributed by atoms with Gasteiger partial charge in [0.25, 0.3) is 0 Å². The molecule has 3 nitrogen and oxygen atoms in total. The lowest BCUT2D eigenvalue weighted by atomic mass is 10.2. The normalized spacial score (nSPS) is 21.6. The first-order valence-electron chi connectivity index (χ1n) is 5.67. The van der Waals surface area contributed by atoms with Crippen molar-refractivity contribution in [3.05, 3.63) is 24.3 Å². The summed E-state index contributed by atoms with van der Waals surface area (Å²) in [6.07, 6.45) is 0. The van der Waals surface area contributed by atoms with Gasteiger partial charge in [0.1, 0.15) is 0 Å². The average Bonchev–Trinajstić information content (AvgIpc) is 2.73. The monoisotopic (exact) mass is 233 g/mol. The molecule has 1 N–H and O–H groups in total. The number of piperazine rings is 1. The number of aromatic nitrogens is 1. The van der Waals surface area contributed by atoms with Crippen LogP contribution in [0.1, 0.15) is 6.92 Å². The van der Waals surface area contributed by atoms with Crippen LogP contribution in [0.3, 0.4) is 0 Å². The Hall–Kier alpha value is -1.13. The maximum atomic E-state index is 4.70. The van der Waals surface area contributed by atoms with Crippen LogP contribution in [-0.4, -0.2) is 30.7 Å². The van der Waals surface area contributed by atoms with Crippen LogP contribution in [0.5, 0.6) is 0 Å². The van der Waals surface area contributed by atoms with Gasteiger partial charge in [0, 0.05) is 25.7 Å². The molecule has 1 aromatic carbocycles. The Kier molecular flexibility index (Phi) is 2.53. The van der Waals surface area contributed by atoms with E-state index in [-0.39, 0.29) is 0 Å². The summed E-state index contributed by atoms with van der Waals surface area (Å²) in [5.41, 5.74) is 1.12. The number of rotatable bonds is 1. The molecule has 0 unspecified atom stereocenters. The van der Waals surface area contributed by atoms with Gasteiger partial charge >= 0.3 is 0 Å². The van der Waals surface area contributed by atoms with Gasteiger partial charge in [-0.2, -0.15) is 0 Å². The van der Waals surface area contributed by atoms with Crippen LogP contribution in [-0.2, 0) is 0 Å². The van der Waals surface area contributed by atoms with Crippen molar-refractivity contribution in [3.63, 3.8) is 0 Å². The summed E-state index contributed by atoms with van der Waals surface area (Å²) in [4.78, 5) is 7.11. The lowest BCUT2D eigenvalue weighted by Crippen LogP contribution is -2.49. The van der Waals surface area contributed by atoms with Crippen LogP contribution in [0, 0.1) is 0 Å². The highest BCUT2D eigenvalue weighted by Gasteiger charge is 2.20. The molecule has 1 saturated heterocycles. The second-order valence-corrected chi connectivity index (χ2v) is 5.22. The summed E-state index contributed by atoms with van der Waals surface area (Å²) in [5.74, 6) is 0. The van der Waals surface area contributed by atoms with E-state index in [1.54, 1.807) is 11.3 Å². The van der Waals surface area contributed by atoms with E-state index in [9.17, 15) is 0 Å². The summed E-state index contributed by atoms with van der Waals surface area (Å²) < 4.78 is 1.28. The Bertz CT molecular complexity index is 461. The SMILES string of the molecule is C[C@@H]1CNCCN1c1nc2ccccc2s1. The standard InChI is InChI=1S/C12H15N3S/c1-9-8-13-6-7-15(9)12-14-10-4-2-3-5-11(10)16-12/h2-5,9,13H,6-8H2,1H3/t9-/m1/s1. The van der Waals surface area contributed by atoms with Crippen LogP contribution in [0.4, 0.5) is 5.13 Å². The van der Waals surface area contributed by atoms with E-state index in [0.29, 0.717) is 6.04 Å². The average molecular weight is 233 g/mol. The van der Waals surface area contributed by atoms with E-state index in [1.165, 1.54) is 4.70 Å². The molecule has 84 valence electrons. The van der Waals surface area contributed by atoms with E-state index in [1.807, 2.05) is 6.07 Å². The number of nitrogens with zero attached hydrogens (tertiary/aromatic N) is 2. The van der Waals surface area contributed by atoms with Crippen molar-refractivity contribution < 1.29 is 0 Å². The molecule has 0 spiro atoms. The number of fused-ring (bicyclic) bond motifs is 1. The van der Waals surface area contributed by atoms with E-state index in [2.05, 4.69) is 35.3 Å². The van der Waals surface area contributed by atoms with Gasteiger partial charge in [-0.1, -0.05) is 23.5 Å². The molecule has 0 saturated carbocycles. The van der Waals surface area contributed by atoms with Crippen LogP contribution < -0.4 is 10.2 Å². The number of anilines is 1. The lowest BCUT2D eigenvalue weighted by molar-refractivity contribution is 0.500. The molecule has 1 aliphatic heterocycles. The summed E-state index contributed by atoms with van der Waals surface area (Å²) in [5, 5.41) is 4.57. The number of hydrogen-bond acceptors (Lipinski definition) is 4. The first-order chi connectivity index (χ1) is 7.84. The number of benzene rings is 1. The van der Waals surface area contributed by atoms with Crippen LogP contribution >= 0.6 is 11.3 Å². The molecule has 2 heterocycles. The maximum absolute atomic E-state index is 4.70. The number of hydrogen-bond donors (Lipinski definition) is 1. The molecule has 0 aliphatic carbocycles.